The molecule has 0 bridgehead atoms. The van der Waals surface area contributed by atoms with Gasteiger partial charge in [0.05, 0.1) is 0 Å². The standard InChI is InChI=1S/C16H23NO/c17-12-4-7-16(18)15-10-8-14(9-11-15)13-5-2-1-3-6-13/h8-11,13H,1-7,12,17H2. The Morgan fingerprint density at radius 3 is 2.39 bits per heavy atom. The van der Waals surface area contributed by atoms with Gasteiger partial charge in [-0.05, 0) is 37.3 Å². The van der Waals surface area contributed by atoms with Crippen LogP contribution < -0.4 is 5.73 Å². The number of rotatable bonds is 5. The smallest absolute Gasteiger partial charge is 0.162 e. The fourth-order valence-corrected chi connectivity index (χ4v) is 2.78. The second-order valence-corrected chi connectivity index (χ2v) is 5.27. The van der Waals surface area contributed by atoms with Crippen molar-refractivity contribution in [1.82, 2.24) is 0 Å². The highest BCUT2D eigenvalue weighted by atomic mass is 16.1. The lowest BCUT2D eigenvalue weighted by Gasteiger charge is -2.22. The van der Waals surface area contributed by atoms with Crippen LogP contribution in [0.15, 0.2) is 24.3 Å². The summed E-state index contributed by atoms with van der Waals surface area (Å²) in [6.45, 7) is 0.589. The molecule has 0 spiro atoms. The highest BCUT2D eigenvalue weighted by molar-refractivity contribution is 5.96. The fourth-order valence-electron chi connectivity index (χ4n) is 2.78. The van der Waals surface area contributed by atoms with Crippen LogP contribution in [0, 0.1) is 0 Å². The third-order valence-corrected chi connectivity index (χ3v) is 3.92. The Bertz CT molecular complexity index is 377. The van der Waals surface area contributed by atoms with Crippen molar-refractivity contribution in [3.63, 3.8) is 0 Å². The normalized spacial score (nSPS) is 16.7. The van der Waals surface area contributed by atoms with E-state index in [1.54, 1.807) is 0 Å². The van der Waals surface area contributed by atoms with Crippen LogP contribution in [-0.4, -0.2) is 12.3 Å². The van der Waals surface area contributed by atoms with Gasteiger partial charge in [-0.1, -0.05) is 43.5 Å². The molecule has 98 valence electrons. The first kappa shape index (κ1) is 13.3. The van der Waals surface area contributed by atoms with Gasteiger partial charge in [-0.15, -0.1) is 0 Å². The van der Waals surface area contributed by atoms with Gasteiger partial charge in [-0.25, -0.2) is 0 Å². The number of ketones is 1. The van der Waals surface area contributed by atoms with Crippen LogP contribution in [0.25, 0.3) is 0 Å². The molecule has 1 saturated carbocycles. The summed E-state index contributed by atoms with van der Waals surface area (Å²) in [4.78, 5) is 11.8. The molecule has 1 fully saturated rings. The van der Waals surface area contributed by atoms with Crippen molar-refractivity contribution in [3.05, 3.63) is 35.4 Å². The lowest BCUT2D eigenvalue weighted by Crippen LogP contribution is -2.06. The molecule has 0 saturated heterocycles. The van der Waals surface area contributed by atoms with Gasteiger partial charge < -0.3 is 5.73 Å². The largest absolute Gasteiger partial charge is 0.330 e. The molecule has 2 heteroatoms. The van der Waals surface area contributed by atoms with Crippen molar-refractivity contribution >= 4 is 5.78 Å². The second kappa shape index (κ2) is 6.69. The molecule has 2 nitrogen and oxygen atoms in total. The summed E-state index contributed by atoms with van der Waals surface area (Å²) < 4.78 is 0. The second-order valence-electron chi connectivity index (χ2n) is 5.27. The molecule has 1 aromatic carbocycles. The van der Waals surface area contributed by atoms with E-state index in [4.69, 9.17) is 5.73 Å². The van der Waals surface area contributed by atoms with Crippen molar-refractivity contribution in [1.29, 1.82) is 0 Å². The Balaban J connectivity index is 1.98. The number of nitrogens with two attached hydrogens (primary N) is 1. The van der Waals surface area contributed by atoms with Crippen LogP contribution in [0.3, 0.4) is 0 Å². The van der Waals surface area contributed by atoms with E-state index in [2.05, 4.69) is 12.1 Å². The summed E-state index contributed by atoms with van der Waals surface area (Å²) in [5, 5.41) is 0. The van der Waals surface area contributed by atoms with E-state index >= 15 is 0 Å². The van der Waals surface area contributed by atoms with E-state index < -0.39 is 0 Å². The lowest BCUT2D eigenvalue weighted by atomic mass is 9.84. The molecule has 0 amide bonds. The van der Waals surface area contributed by atoms with E-state index in [1.165, 1.54) is 37.7 Å². The lowest BCUT2D eigenvalue weighted by molar-refractivity contribution is 0.0981. The molecule has 0 heterocycles. The minimum absolute atomic E-state index is 0.218. The van der Waals surface area contributed by atoms with Crippen molar-refractivity contribution in [2.45, 2.75) is 50.9 Å². The van der Waals surface area contributed by atoms with Gasteiger partial charge >= 0.3 is 0 Å². The molecule has 18 heavy (non-hydrogen) atoms. The van der Waals surface area contributed by atoms with Crippen molar-refractivity contribution in [3.8, 4) is 0 Å². The van der Waals surface area contributed by atoms with Gasteiger partial charge in [-0.3, -0.25) is 4.79 Å². The fraction of sp³-hybridized carbons (Fsp3) is 0.562. The van der Waals surface area contributed by atoms with E-state index in [0.29, 0.717) is 18.9 Å². The maximum absolute atomic E-state index is 11.8. The number of carbonyl (C=O) groups excluding carboxylic acids is 1. The van der Waals surface area contributed by atoms with Crippen molar-refractivity contribution < 1.29 is 4.79 Å². The van der Waals surface area contributed by atoms with E-state index in [9.17, 15) is 4.79 Å². The summed E-state index contributed by atoms with van der Waals surface area (Å²) in [5.74, 6) is 0.933. The maximum atomic E-state index is 11.8. The third-order valence-electron chi connectivity index (χ3n) is 3.92. The maximum Gasteiger partial charge on any atom is 0.162 e. The van der Waals surface area contributed by atoms with Crippen molar-refractivity contribution in [2.75, 3.05) is 6.54 Å². The number of hydrogen-bond acceptors (Lipinski definition) is 2. The van der Waals surface area contributed by atoms with Crippen LogP contribution in [0.2, 0.25) is 0 Å². The monoisotopic (exact) mass is 245 g/mol. The Labute approximate surface area is 110 Å². The zero-order chi connectivity index (χ0) is 12.8. The van der Waals surface area contributed by atoms with Crippen LogP contribution in [-0.2, 0) is 0 Å². The first-order valence-electron chi connectivity index (χ1n) is 7.14. The third kappa shape index (κ3) is 3.42. The molecule has 1 aromatic rings. The molecule has 2 rings (SSSR count). The zero-order valence-electron chi connectivity index (χ0n) is 11.0. The molecule has 1 aliphatic carbocycles. The van der Waals surface area contributed by atoms with Crippen LogP contribution >= 0.6 is 0 Å². The molecule has 0 aromatic heterocycles. The predicted octanol–water partition coefficient (Wildman–Crippen LogP) is 3.66. The molecular formula is C16H23NO. The number of hydrogen-bond donors (Lipinski definition) is 1. The van der Waals surface area contributed by atoms with E-state index in [-0.39, 0.29) is 5.78 Å². The summed E-state index contributed by atoms with van der Waals surface area (Å²) in [6.07, 6.45) is 8.04. The molecule has 0 unspecified atom stereocenters. The van der Waals surface area contributed by atoms with Crippen LogP contribution in [0.4, 0.5) is 0 Å². The Hall–Kier alpha value is -1.15. The van der Waals surface area contributed by atoms with Gasteiger partial charge in [0.2, 0.25) is 0 Å². The molecule has 0 atom stereocenters. The highest BCUT2D eigenvalue weighted by Crippen LogP contribution is 2.32. The summed E-state index contributed by atoms with van der Waals surface area (Å²) in [7, 11) is 0. The SMILES string of the molecule is NCCCC(=O)c1ccc(C2CCCCC2)cc1. The average molecular weight is 245 g/mol. The Morgan fingerprint density at radius 1 is 1.11 bits per heavy atom. The molecule has 2 N–H and O–H groups in total. The van der Waals surface area contributed by atoms with E-state index in [0.717, 1.165) is 12.0 Å². The topological polar surface area (TPSA) is 43.1 Å². The predicted molar refractivity (Wildman–Crippen MR) is 74.9 cm³/mol. The number of benzene rings is 1. The summed E-state index contributed by atoms with van der Waals surface area (Å²) in [6, 6.07) is 8.27. The van der Waals surface area contributed by atoms with Crippen molar-refractivity contribution in [2.24, 2.45) is 5.73 Å². The van der Waals surface area contributed by atoms with Gasteiger partial charge in [0.25, 0.3) is 0 Å². The molecule has 0 aliphatic heterocycles. The Kier molecular flexibility index (Phi) is 4.94. The molecule has 1 aliphatic rings. The Morgan fingerprint density at radius 2 is 1.78 bits per heavy atom. The van der Waals surface area contributed by atoms with Gasteiger partial charge in [0.15, 0.2) is 5.78 Å². The zero-order valence-corrected chi connectivity index (χ0v) is 11.0. The first-order valence-corrected chi connectivity index (χ1v) is 7.14. The number of carbonyl (C=O) groups is 1. The van der Waals surface area contributed by atoms with Gasteiger partial charge in [0.1, 0.15) is 0 Å². The summed E-state index contributed by atoms with van der Waals surface area (Å²) >= 11 is 0. The van der Waals surface area contributed by atoms with Gasteiger partial charge in [-0.2, -0.15) is 0 Å². The van der Waals surface area contributed by atoms with Crippen LogP contribution in [0.1, 0.15) is 66.8 Å². The van der Waals surface area contributed by atoms with Crippen LogP contribution in [0.5, 0.6) is 0 Å². The molecular weight excluding hydrogens is 222 g/mol. The highest BCUT2D eigenvalue weighted by Gasteiger charge is 2.15. The van der Waals surface area contributed by atoms with E-state index in [1.807, 2.05) is 12.1 Å². The quantitative estimate of drug-likeness (QED) is 0.804. The molecule has 0 radical (unpaired) electrons. The number of Topliss-reactive ketones (excluding diaryl/α,β-unsaturated/α-hetero) is 1. The minimum atomic E-state index is 0.218. The summed E-state index contributed by atoms with van der Waals surface area (Å²) in [5.41, 5.74) is 7.67. The average Bonchev–Trinajstić information content (AvgIpc) is 2.46. The van der Waals surface area contributed by atoms with Gasteiger partial charge in [0, 0.05) is 12.0 Å². The first-order chi connectivity index (χ1) is 8.81. The minimum Gasteiger partial charge on any atom is -0.330 e.